The van der Waals surface area contributed by atoms with E-state index in [2.05, 4.69) is 14.2 Å². The predicted molar refractivity (Wildman–Crippen MR) is 70.8 cm³/mol. The standard InChI is InChI=1S/C12H20O6S/c1-11(2,3)19-7-12(4,8(13)16-5)9(14)18-10(15)17-6/h7H2,1-6H3/t12-/m1/s1. The Hall–Kier alpha value is -1.24. The highest BCUT2D eigenvalue weighted by Crippen LogP contribution is 2.33. The molecule has 0 saturated heterocycles. The van der Waals surface area contributed by atoms with Crippen LogP contribution in [0, 0.1) is 5.41 Å². The van der Waals surface area contributed by atoms with Crippen LogP contribution in [0.5, 0.6) is 0 Å². The fourth-order valence-corrected chi connectivity index (χ4v) is 1.97. The summed E-state index contributed by atoms with van der Waals surface area (Å²) in [7, 11) is 2.25. The number of carbonyl (C=O) groups excluding carboxylic acids is 3. The molecule has 0 aromatic carbocycles. The number of hydrogen-bond acceptors (Lipinski definition) is 7. The molecule has 0 bridgehead atoms. The van der Waals surface area contributed by atoms with E-state index >= 15 is 0 Å². The number of carbonyl (C=O) groups is 3. The molecule has 6 nitrogen and oxygen atoms in total. The molecule has 0 saturated carbocycles. The second kappa shape index (κ2) is 6.79. The molecule has 0 fully saturated rings. The Kier molecular flexibility index (Phi) is 6.35. The van der Waals surface area contributed by atoms with Crippen LogP contribution in [0.3, 0.4) is 0 Å². The van der Waals surface area contributed by atoms with Gasteiger partial charge in [0.25, 0.3) is 0 Å². The van der Waals surface area contributed by atoms with Gasteiger partial charge in [0.1, 0.15) is 0 Å². The highest BCUT2D eigenvalue weighted by Gasteiger charge is 2.46. The van der Waals surface area contributed by atoms with E-state index in [0.717, 1.165) is 7.11 Å². The Morgan fingerprint density at radius 3 is 1.84 bits per heavy atom. The first-order chi connectivity index (χ1) is 8.56. The molecule has 0 heterocycles. The van der Waals surface area contributed by atoms with E-state index < -0.39 is 23.5 Å². The maximum atomic E-state index is 11.9. The van der Waals surface area contributed by atoms with Gasteiger partial charge in [0.2, 0.25) is 0 Å². The Bertz CT molecular complexity index is 360. The summed E-state index contributed by atoms with van der Waals surface area (Å²) in [5.41, 5.74) is -1.55. The lowest BCUT2D eigenvalue weighted by Gasteiger charge is -2.27. The summed E-state index contributed by atoms with van der Waals surface area (Å²) >= 11 is 1.39. The van der Waals surface area contributed by atoms with Crippen LogP contribution in [0.1, 0.15) is 27.7 Å². The van der Waals surface area contributed by atoms with Gasteiger partial charge < -0.3 is 14.2 Å². The van der Waals surface area contributed by atoms with Crippen molar-refractivity contribution >= 4 is 29.9 Å². The minimum atomic E-state index is -1.55. The molecular weight excluding hydrogens is 272 g/mol. The molecule has 1 atom stereocenters. The van der Waals surface area contributed by atoms with Crippen LogP contribution < -0.4 is 0 Å². The molecule has 0 aliphatic carbocycles. The van der Waals surface area contributed by atoms with E-state index in [0.29, 0.717) is 0 Å². The van der Waals surface area contributed by atoms with Crippen molar-refractivity contribution in [1.82, 2.24) is 0 Å². The van der Waals surface area contributed by atoms with E-state index in [1.54, 1.807) is 0 Å². The Labute approximate surface area is 117 Å². The SMILES string of the molecule is COC(=O)OC(=O)[C@](C)(CSC(C)(C)C)C(=O)OC. The molecule has 0 aliphatic rings. The van der Waals surface area contributed by atoms with Crippen molar-refractivity contribution in [3.05, 3.63) is 0 Å². The summed E-state index contributed by atoms with van der Waals surface area (Å²) in [6.45, 7) is 7.21. The van der Waals surface area contributed by atoms with Crippen molar-refractivity contribution in [1.29, 1.82) is 0 Å². The van der Waals surface area contributed by atoms with Gasteiger partial charge in [-0.1, -0.05) is 20.8 Å². The number of ether oxygens (including phenoxy) is 3. The van der Waals surface area contributed by atoms with Gasteiger partial charge >= 0.3 is 18.1 Å². The van der Waals surface area contributed by atoms with Crippen molar-refractivity contribution in [2.75, 3.05) is 20.0 Å². The third-order valence-corrected chi connectivity index (χ3v) is 3.81. The summed E-state index contributed by atoms with van der Waals surface area (Å²) in [5.74, 6) is -1.60. The van der Waals surface area contributed by atoms with Crippen molar-refractivity contribution in [2.24, 2.45) is 5.41 Å². The molecule has 0 unspecified atom stereocenters. The van der Waals surface area contributed by atoms with E-state index in [1.807, 2.05) is 20.8 Å². The molecule has 0 rings (SSSR count). The molecule has 0 aromatic heterocycles. The fourth-order valence-electron chi connectivity index (χ4n) is 1.02. The minimum absolute atomic E-state index is 0.138. The van der Waals surface area contributed by atoms with Crippen LogP contribution in [-0.4, -0.2) is 42.8 Å². The third-order valence-electron chi connectivity index (χ3n) is 2.22. The van der Waals surface area contributed by atoms with E-state index in [-0.39, 0.29) is 10.5 Å². The molecule has 0 N–H and O–H groups in total. The first-order valence-corrected chi connectivity index (χ1v) is 6.58. The summed E-state index contributed by atoms with van der Waals surface area (Å²) in [5, 5.41) is 0. The minimum Gasteiger partial charge on any atom is -0.468 e. The smallest absolute Gasteiger partial charge is 0.468 e. The zero-order valence-corrected chi connectivity index (χ0v) is 12.9. The van der Waals surface area contributed by atoms with Gasteiger partial charge in [-0.2, -0.15) is 11.8 Å². The number of thioether (sulfide) groups is 1. The van der Waals surface area contributed by atoms with Gasteiger partial charge in [-0.05, 0) is 6.92 Å². The summed E-state index contributed by atoms with van der Waals surface area (Å²) in [6, 6.07) is 0. The first-order valence-electron chi connectivity index (χ1n) is 5.59. The van der Waals surface area contributed by atoms with Crippen molar-refractivity contribution in [3.63, 3.8) is 0 Å². The Balaban J connectivity index is 5.02. The van der Waals surface area contributed by atoms with Crippen LogP contribution >= 0.6 is 11.8 Å². The zero-order valence-electron chi connectivity index (χ0n) is 12.1. The second-order valence-corrected chi connectivity index (χ2v) is 6.87. The molecule has 7 heteroatoms. The van der Waals surface area contributed by atoms with Crippen LogP contribution in [0.4, 0.5) is 4.79 Å². The number of esters is 2. The van der Waals surface area contributed by atoms with Crippen molar-refractivity contribution in [2.45, 2.75) is 32.4 Å². The second-order valence-electron chi connectivity index (χ2n) is 5.07. The molecule has 110 valence electrons. The lowest BCUT2D eigenvalue weighted by molar-refractivity contribution is -0.164. The average molecular weight is 292 g/mol. The molecule has 0 aliphatic heterocycles. The monoisotopic (exact) mass is 292 g/mol. The Morgan fingerprint density at radius 2 is 1.47 bits per heavy atom. The lowest BCUT2D eigenvalue weighted by atomic mass is 9.94. The maximum absolute atomic E-state index is 11.9. The highest BCUT2D eigenvalue weighted by molar-refractivity contribution is 8.00. The maximum Gasteiger partial charge on any atom is 0.515 e. The van der Waals surface area contributed by atoms with E-state index in [9.17, 15) is 14.4 Å². The largest absolute Gasteiger partial charge is 0.515 e. The van der Waals surface area contributed by atoms with Crippen LogP contribution in [0.25, 0.3) is 0 Å². The fraction of sp³-hybridized carbons (Fsp3) is 0.750. The van der Waals surface area contributed by atoms with Crippen molar-refractivity contribution < 1.29 is 28.6 Å². The van der Waals surface area contributed by atoms with Crippen LogP contribution in [0.2, 0.25) is 0 Å². The van der Waals surface area contributed by atoms with Crippen LogP contribution in [-0.2, 0) is 23.8 Å². The highest BCUT2D eigenvalue weighted by atomic mass is 32.2. The zero-order chi connectivity index (χ0) is 15.3. The van der Waals surface area contributed by atoms with Gasteiger partial charge in [0.05, 0.1) is 14.2 Å². The quantitative estimate of drug-likeness (QED) is 0.579. The lowest BCUT2D eigenvalue weighted by Crippen LogP contribution is -2.42. The number of methoxy groups -OCH3 is 2. The van der Waals surface area contributed by atoms with Gasteiger partial charge in [0.15, 0.2) is 5.41 Å². The number of hydrogen-bond donors (Lipinski definition) is 0. The van der Waals surface area contributed by atoms with Gasteiger partial charge in [-0.15, -0.1) is 0 Å². The molecule has 19 heavy (non-hydrogen) atoms. The molecule has 0 amide bonds. The summed E-state index contributed by atoms with van der Waals surface area (Å²) in [4.78, 5) is 34.6. The van der Waals surface area contributed by atoms with E-state index in [1.165, 1.54) is 25.8 Å². The number of rotatable bonds is 4. The van der Waals surface area contributed by atoms with Gasteiger partial charge in [-0.3, -0.25) is 9.59 Å². The first kappa shape index (κ1) is 17.8. The van der Waals surface area contributed by atoms with Crippen LogP contribution in [0.15, 0.2) is 0 Å². The average Bonchev–Trinajstić information content (AvgIpc) is 2.33. The molecule has 0 radical (unpaired) electrons. The van der Waals surface area contributed by atoms with Crippen molar-refractivity contribution in [3.8, 4) is 0 Å². The topological polar surface area (TPSA) is 78.9 Å². The van der Waals surface area contributed by atoms with Gasteiger partial charge in [-0.25, -0.2) is 4.79 Å². The predicted octanol–water partition coefficient (Wildman–Crippen LogP) is 2.01. The molecular formula is C12H20O6S. The third kappa shape index (κ3) is 5.50. The summed E-state index contributed by atoms with van der Waals surface area (Å²) in [6.07, 6.45) is -1.15. The Morgan fingerprint density at radius 1 is 0.947 bits per heavy atom. The summed E-state index contributed by atoms with van der Waals surface area (Å²) < 4.78 is 13.1. The molecule has 0 spiro atoms. The molecule has 0 aromatic rings. The van der Waals surface area contributed by atoms with E-state index in [4.69, 9.17) is 0 Å². The van der Waals surface area contributed by atoms with Gasteiger partial charge in [0, 0.05) is 10.5 Å². The normalized spacial score (nSPS) is 14.2.